The molecule has 0 aromatic carbocycles. The zero-order valence-electron chi connectivity index (χ0n) is 11.9. The van der Waals surface area contributed by atoms with Crippen molar-refractivity contribution in [1.82, 2.24) is 10.2 Å². The van der Waals surface area contributed by atoms with E-state index in [9.17, 15) is 4.79 Å². The van der Waals surface area contributed by atoms with Crippen molar-refractivity contribution in [3.05, 3.63) is 0 Å². The van der Waals surface area contributed by atoms with Crippen LogP contribution in [-0.2, 0) is 9.53 Å². The highest BCUT2D eigenvalue weighted by atomic mass is 16.5. The Morgan fingerprint density at radius 1 is 1.26 bits per heavy atom. The molecule has 0 aromatic rings. The summed E-state index contributed by atoms with van der Waals surface area (Å²) in [5.74, 6) is 1.78. The van der Waals surface area contributed by atoms with Gasteiger partial charge in [0, 0.05) is 25.7 Å². The first-order chi connectivity index (χ1) is 9.26. The fourth-order valence-electron chi connectivity index (χ4n) is 3.77. The molecule has 4 nitrogen and oxygen atoms in total. The molecule has 1 heterocycles. The second-order valence-corrected chi connectivity index (χ2v) is 6.52. The fourth-order valence-corrected chi connectivity index (χ4v) is 3.77. The summed E-state index contributed by atoms with van der Waals surface area (Å²) in [5.41, 5.74) is 0. The van der Waals surface area contributed by atoms with Gasteiger partial charge in [-0.2, -0.15) is 0 Å². The molecule has 0 bridgehead atoms. The molecule has 108 valence electrons. The number of likely N-dealkylation sites (tertiary alicyclic amines) is 1. The summed E-state index contributed by atoms with van der Waals surface area (Å²) in [4.78, 5) is 14.3. The van der Waals surface area contributed by atoms with Gasteiger partial charge in [-0.05, 0) is 43.9 Å². The molecule has 0 aromatic heterocycles. The number of rotatable bonds is 6. The maximum atomic E-state index is 11.8. The Bertz CT molecular complexity index is 318. The van der Waals surface area contributed by atoms with Gasteiger partial charge in [0.2, 0.25) is 0 Å². The molecule has 0 spiro atoms. The van der Waals surface area contributed by atoms with Crippen LogP contribution in [-0.4, -0.2) is 49.7 Å². The molecule has 3 atom stereocenters. The maximum absolute atomic E-state index is 11.8. The van der Waals surface area contributed by atoms with E-state index in [0.717, 1.165) is 24.8 Å². The number of hydrogen-bond donors (Lipinski definition) is 1. The van der Waals surface area contributed by atoms with E-state index in [1.54, 1.807) is 0 Å². The van der Waals surface area contributed by atoms with Gasteiger partial charge in [0.1, 0.15) is 6.04 Å². The predicted octanol–water partition coefficient (Wildman–Crippen LogP) is 1.40. The van der Waals surface area contributed by atoms with Crippen LogP contribution in [0.5, 0.6) is 0 Å². The normalized spacial score (nSPS) is 32.3. The van der Waals surface area contributed by atoms with Gasteiger partial charge in [0.05, 0.1) is 7.11 Å². The molecule has 3 unspecified atom stereocenters. The number of carbonyl (C=O) groups excluding carboxylic acids is 1. The molecule has 19 heavy (non-hydrogen) atoms. The van der Waals surface area contributed by atoms with Crippen molar-refractivity contribution in [3.63, 3.8) is 0 Å². The lowest BCUT2D eigenvalue weighted by Crippen LogP contribution is -2.41. The van der Waals surface area contributed by atoms with E-state index >= 15 is 0 Å². The second-order valence-electron chi connectivity index (χ2n) is 6.52. The molecule has 0 amide bonds. The number of fused-ring (bicyclic) bond motifs is 1. The summed E-state index contributed by atoms with van der Waals surface area (Å²) in [6.07, 6.45) is 7.58. The van der Waals surface area contributed by atoms with Gasteiger partial charge in [-0.15, -0.1) is 0 Å². The van der Waals surface area contributed by atoms with E-state index in [-0.39, 0.29) is 12.0 Å². The Morgan fingerprint density at radius 3 is 2.53 bits per heavy atom. The van der Waals surface area contributed by atoms with Crippen molar-refractivity contribution in [3.8, 4) is 0 Å². The van der Waals surface area contributed by atoms with E-state index in [2.05, 4.69) is 10.2 Å². The van der Waals surface area contributed by atoms with Crippen molar-refractivity contribution >= 4 is 5.97 Å². The predicted molar refractivity (Wildman–Crippen MR) is 73.8 cm³/mol. The number of nitrogens with zero attached hydrogens (tertiary/aromatic N) is 1. The summed E-state index contributed by atoms with van der Waals surface area (Å²) in [6, 6.07) is 0.458. The third-order valence-corrected chi connectivity index (χ3v) is 5.04. The van der Waals surface area contributed by atoms with Crippen LogP contribution in [0.25, 0.3) is 0 Å². The number of nitrogens with one attached hydrogen (secondary N) is 1. The minimum Gasteiger partial charge on any atom is -0.468 e. The average molecular weight is 266 g/mol. The lowest BCUT2D eigenvalue weighted by atomic mass is 10.0. The summed E-state index contributed by atoms with van der Waals surface area (Å²) in [7, 11) is 1.49. The molecule has 3 rings (SSSR count). The maximum Gasteiger partial charge on any atom is 0.322 e. The average Bonchev–Trinajstić information content (AvgIpc) is 2.98. The third kappa shape index (κ3) is 3.29. The standard InChI is InChI=1S/C15H26N2O2/c1-19-15(18)14(16-13-5-6-13)7-8-17-9-11-3-2-4-12(11)10-17/h11-14,16H,2-10H2,1H3. The molecule has 1 saturated heterocycles. The van der Waals surface area contributed by atoms with E-state index in [1.165, 1.54) is 52.3 Å². The van der Waals surface area contributed by atoms with Crippen molar-refractivity contribution in [2.45, 2.75) is 50.6 Å². The Kier molecular flexibility index (Phi) is 4.08. The molecule has 0 radical (unpaired) electrons. The number of carbonyl (C=O) groups is 1. The molecule has 3 fully saturated rings. The van der Waals surface area contributed by atoms with Gasteiger partial charge < -0.3 is 15.0 Å². The van der Waals surface area contributed by atoms with E-state index < -0.39 is 0 Å². The minimum absolute atomic E-state index is 0.0914. The van der Waals surface area contributed by atoms with Gasteiger partial charge in [0.25, 0.3) is 0 Å². The van der Waals surface area contributed by atoms with Crippen LogP contribution in [0.1, 0.15) is 38.5 Å². The summed E-state index contributed by atoms with van der Waals surface area (Å²) >= 11 is 0. The summed E-state index contributed by atoms with van der Waals surface area (Å²) < 4.78 is 4.91. The second kappa shape index (κ2) is 5.80. The first-order valence-electron chi connectivity index (χ1n) is 7.82. The van der Waals surface area contributed by atoms with Crippen molar-refractivity contribution in [2.75, 3.05) is 26.7 Å². The van der Waals surface area contributed by atoms with Crippen LogP contribution in [0.4, 0.5) is 0 Å². The van der Waals surface area contributed by atoms with E-state index in [4.69, 9.17) is 4.74 Å². The van der Waals surface area contributed by atoms with Gasteiger partial charge in [-0.25, -0.2) is 0 Å². The summed E-state index contributed by atoms with van der Waals surface area (Å²) in [5, 5.41) is 3.41. The van der Waals surface area contributed by atoms with Gasteiger partial charge in [-0.3, -0.25) is 4.79 Å². The van der Waals surface area contributed by atoms with Crippen LogP contribution in [0.3, 0.4) is 0 Å². The molecule has 3 aliphatic rings. The monoisotopic (exact) mass is 266 g/mol. The molecule has 1 aliphatic heterocycles. The fraction of sp³-hybridized carbons (Fsp3) is 0.933. The molecular weight excluding hydrogens is 240 g/mol. The van der Waals surface area contributed by atoms with Crippen molar-refractivity contribution in [2.24, 2.45) is 11.8 Å². The van der Waals surface area contributed by atoms with Crippen LogP contribution < -0.4 is 5.32 Å². The highest BCUT2D eigenvalue weighted by Crippen LogP contribution is 2.37. The molecule has 2 aliphatic carbocycles. The van der Waals surface area contributed by atoms with Crippen LogP contribution in [0.15, 0.2) is 0 Å². The molecule has 4 heteroatoms. The third-order valence-electron chi connectivity index (χ3n) is 5.04. The SMILES string of the molecule is COC(=O)C(CCN1CC2CCCC2C1)NC1CC1. The van der Waals surface area contributed by atoms with Gasteiger partial charge >= 0.3 is 5.97 Å². The first-order valence-corrected chi connectivity index (χ1v) is 7.82. The zero-order chi connectivity index (χ0) is 13.2. The van der Waals surface area contributed by atoms with E-state index in [1.807, 2.05) is 0 Å². The van der Waals surface area contributed by atoms with Crippen LogP contribution in [0, 0.1) is 11.8 Å². The highest BCUT2D eigenvalue weighted by Gasteiger charge is 2.36. The van der Waals surface area contributed by atoms with Gasteiger partial charge in [-0.1, -0.05) is 6.42 Å². The lowest BCUT2D eigenvalue weighted by molar-refractivity contribution is -0.143. The minimum atomic E-state index is -0.0991. The molecule has 2 saturated carbocycles. The van der Waals surface area contributed by atoms with Crippen LogP contribution in [0.2, 0.25) is 0 Å². The number of esters is 1. The number of hydrogen-bond acceptors (Lipinski definition) is 4. The first kappa shape index (κ1) is 13.4. The van der Waals surface area contributed by atoms with Crippen LogP contribution >= 0.6 is 0 Å². The number of methoxy groups -OCH3 is 1. The lowest BCUT2D eigenvalue weighted by Gasteiger charge is -2.21. The quantitative estimate of drug-likeness (QED) is 0.738. The summed E-state index contributed by atoms with van der Waals surface area (Å²) in [6.45, 7) is 3.54. The highest BCUT2D eigenvalue weighted by molar-refractivity contribution is 5.75. The Balaban J connectivity index is 1.45. The zero-order valence-corrected chi connectivity index (χ0v) is 11.9. The smallest absolute Gasteiger partial charge is 0.322 e. The van der Waals surface area contributed by atoms with E-state index in [0.29, 0.717) is 6.04 Å². The Hall–Kier alpha value is -0.610. The number of ether oxygens (including phenoxy) is 1. The molecule has 1 N–H and O–H groups in total. The largest absolute Gasteiger partial charge is 0.468 e. The van der Waals surface area contributed by atoms with Crippen molar-refractivity contribution < 1.29 is 9.53 Å². The Labute approximate surface area is 115 Å². The topological polar surface area (TPSA) is 41.6 Å². The Morgan fingerprint density at radius 2 is 1.95 bits per heavy atom. The van der Waals surface area contributed by atoms with Crippen molar-refractivity contribution in [1.29, 1.82) is 0 Å². The van der Waals surface area contributed by atoms with Gasteiger partial charge in [0.15, 0.2) is 0 Å². The molecular formula is C15H26N2O2.